The molecule has 1 N–H and O–H groups in total. The molecule has 5 heteroatoms. The van der Waals surface area contributed by atoms with Gasteiger partial charge in [-0.05, 0) is 17.7 Å². The highest BCUT2D eigenvalue weighted by Gasteiger charge is 2.21. The fourth-order valence-corrected chi connectivity index (χ4v) is 1.66. The SMILES string of the molecule is O=C1CN(Cc2ccc(F)cc2)CC(=O)N1. The van der Waals surface area contributed by atoms with Gasteiger partial charge in [-0.3, -0.25) is 19.8 Å². The number of nitrogens with zero attached hydrogens (tertiary/aromatic N) is 1. The monoisotopic (exact) mass is 222 g/mol. The molecule has 0 aliphatic carbocycles. The van der Waals surface area contributed by atoms with Crippen LogP contribution in [0.5, 0.6) is 0 Å². The molecule has 0 radical (unpaired) electrons. The molecule has 0 saturated carbocycles. The predicted molar refractivity (Wildman–Crippen MR) is 54.8 cm³/mol. The van der Waals surface area contributed by atoms with Gasteiger partial charge in [-0.1, -0.05) is 12.1 Å². The second kappa shape index (κ2) is 4.40. The average Bonchev–Trinajstić information content (AvgIpc) is 2.20. The third-order valence-corrected chi connectivity index (χ3v) is 2.33. The number of carbonyl (C=O) groups is 2. The lowest BCUT2D eigenvalue weighted by atomic mass is 10.2. The van der Waals surface area contributed by atoms with Gasteiger partial charge in [0.05, 0.1) is 13.1 Å². The van der Waals surface area contributed by atoms with Crippen LogP contribution >= 0.6 is 0 Å². The fraction of sp³-hybridized carbons (Fsp3) is 0.273. The fourth-order valence-electron chi connectivity index (χ4n) is 1.66. The Bertz CT molecular complexity index is 400. The van der Waals surface area contributed by atoms with E-state index in [9.17, 15) is 14.0 Å². The summed E-state index contributed by atoms with van der Waals surface area (Å²) in [6, 6.07) is 6.01. The molecule has 0 bridgehead atoms. The highest BCUT2D eigenvalue weighted by molar-refractivity contribution is 5.99. The molecular formula is C11H11FN2O2. The molecule has 16 heavy (non-hydrogen) atoms. The maximum atomic E-state index is 12.7. The molecule has 1 aromatic rings. The molecule has 1 fully saturated rings. The highest BCUT2D eigenvalue weighted by atomic mass is 19.1. The van der Waals surface area contributed by atoms with E-state index in [1.54, 1.807) is 17.0 Å². The molecule has 2 amide bonds. The lowest BCUT2D eigenvalue weighted by molar-refractivity contribution is -0.136. The van der Waals surface area contributed by atoms with E-state index in [0.29, 0.717) is 6.54 Å². The van der Waals surface area contributed by atoms with Crippen LogP contribution in [-0.4, -0.2) is 29.8 Å². The summed E-state index contributed by atoms with van der Waals surface area (Å²) in [4.78, 5) is 23.9. The van der Waals surface area contributed by atoms with E-state index in [2.05, 4.69) is 5.32 Å². The summed E-state index contributed by atoms with van der Waals surface area (Å²) in [5, 5.41) is 2.22. The van der Waals surface area contributed by atoms with Crippen molar-refractivity contribution in [3.05, 3.63) is 35.6 Å². The van der Waals surface area contributed by atoms with E-state index in [-0.39, 0.29) is 30.7 Å². The third kappa shape index (κ3) is 2.64. The van der Waals surface area contributed by atoms with Crippen LogP contribution in [0.4, 0.5) is 4.39 Å². The van der Waals surface area contributed by atoms with Crippen LogP contribution in [0.3, 0.4) is 0 Å². The van der Waals surface area contributed by atoms with Gasteiger partial charge in [-0.15, -0.1) is 0 Å². The Kier molecular flexibility index (Phi) is 2.96. The van der Waals surface area contributed by atoms with E-state index >= 15 is 0 Å². The minimum atomic E-state index is -0.295. The molecule has 0 aromatic heterocycles. The topological polar surface area (TPSA) is 49.4 Å². The van der Waals surface area contributed by atoms with Gasteiger partial charge in [0.1, 0.15) is 5.82 Å². The molecule has 1 saturated heterocycles. The van der Waals surface area contributed by atoms with Crippen molar-refractivity contribution in [2.24, 2.45) is 0 Å². The number of hydrogen-bond acceptors (Lipinski definition) is 3. The first kappa shape index (κ1) is 10.8. The van der Waals surface area contributed by atoms with Crippen molar-refractivity contribution >= 4 is 11.8 Å². The van der Waals surface area contributed by atoms with Crippen molar-refractivity contribution in [1.29, 1.82) is 0 Å². The van der Waals surface area contributed by atoms with Crippen molar-refractivity contribution < 1.29 is 14.0 Å². The number of halogens is 1. The van der Waals surface area contributed by atoms with Gasteiger partial charge in [0.15, 0.2) is 0 Å². The van der Waals surface area contributed by atoms with Crippen molar-refractivity contribution in [3.8, 4) is 0 Å². The Morgan fingerprint density at radius 2 is 1.69 bits per heavy atom. The van der Waals surface area contributed by atoms with Gasteiger partial charge in [-0.25, -0.2) is 4.39 Å². The van der Waals surface area contributed by atoms with Gasteiger partial charge in [0.2, 0.25) is 11.8 Å². The van der Waals surface area contributed by atoms with Gasteiger partial charge in [0, 0.05) is 6.54 Å². The minimum absolute atomic E-state index is 0.198. The summed E-state index contributed by atoms with van der Waals surface area (Å²) in [5.41, 5.74) is 0.879. The van der Waals surface area contributed by atoms with Crippen molar-refractivity contribution in [2.45, 2.75) is 6.54 Å². The molecule has 1 heterocycles. The second-order valence-corrected chi connectivity index (χ2v) is 3.74. The first-order chi connectivity index (χ1) is 7.63. The zero-order valence-corrected chi connectivity index (χ0v) is 8.57. The third-order valence-electron chi connectivity index (χ3n) is 2.33. The predicted octanol–water partition coefficient (Wildman–Crippen LogP) is 0.284. The van der Waals surface area contributed by atoms with Crippen LogP contribution in [0.2, 0.25) is 0 Å². The minimum Gasteiger partial charge on any atom is -0.294 e. The Labute approximate surface area is 92.0 Å². The maximum absolute atomic E-state index is 12.7. The lowest BCUT2D eigenvalue weighted by Gasteiger charge is -2.25. The quantitative estimate of drug-likeness (QED) is 0.731. The molecule has 4 nitrogen and oxygen atoms in total. The lowest BCUT2D eigenvalue weighted by Crippen LogP contribution is -2.50. The molecule has 1 aliphatic heterocycles. The summed E-state index contributed by atoms with van der Waals surface area (Å²) in [6.07, 6.45) is 0. The summed E-state index contributed by atoms with van der Waals surface area (Å²) in [6.45, 7) is 0.867. The molecule has 84 valence electrons. The van der Waals surface area contributed by atoms with E-state index in [0.717, 1.165) is 5.56 Å². The summed E-state index contributed by atoms with van der Waals surface area (Å²) in [5.74, 6) is -0.882. The number of amides is 2. The van der Waals surface area contributed by atoms with Crippen molar-refractivity contribution in [2.75, 3.05) is 13.1 Å². The number of benzene rings is 1. The van der Waals surface area contributed by atoms with Crippen molar-refractivity contribution in [3.63, 3.8) is 0 Å². The Hall–Kier alpha value is -1.75. The van der Waals surface area contributed by atoms with E-state index in [1.165, 1.54) is 12.1 Å². The Balaban J connectivity index is 2.01. The number of imide groups is 1. The number of carbonyl (C=O) groups excluding carboxylic acids is 2. The van der Waals surface area contributed by atoms with Gasteiger partial charge in [-0.2, -0.15) is 0 Å². The number of nitrogens with one attached hydrogen (secondary N) is 1. The Morgan fingerprint density at radius 3 is 2.25 bits per heavy atom. The van der Waals surface area contributed by atoms with E-state index in [4.69, 9.17) is 0 Å². The van der Waals surface area contributed by atoms with E-state index in [1.807, 2.05) is 0 Å². The maximum Gasteiger partial charge on any atom is 0.240 e. The largest absolute Gasteiger partial charge is 0.294 e. The molecule has 0 atom stereocenters. The summed E-state index contributed by atoms with van der Waals surface area (Å²) >= 11 is 0. The molecule has 1 aliphatic rings. The second-order valence-electron chi connectivity index (χ2n) is 3.74. The summed E-state index contributed by atoms with van der Waals surface area (Å²) < 4.78 is 12.7. The van der Waals surface area contributed by atoms with Gasteiger partial charge < -0.3 is 0 Å². The highest BCUT2D eigenvalue weighted by Crippen LogP contribution is 2.07. The normalized spacial score (nSPS) is 17.3. The first-order valence-corrected chi connectivity index (χ1v) is 4.93. The van der Waals surface area contributed by atoms with Crippen LogP contribution < -0.4 is 5.32 Å². The first-order valence-electron chi connectivity index (χ1n) is 4.93. The van der Waals surface area contributed by atoms with Crippen LogP contribution in [-0.2, 0) is 16.1 Å². The van der Waals surface area contributed by atoms with Crippen molar-refractivity contribution in [1.82, 2.24) is 10.2 Å². The number of rotatable bonds is 2. The standard InChI is InChI=1S/C11H11FN2O2/c12-9-3-1-8(2-4-9)5-14-6-10(15)13-11(16)7-14/h1-4H,5-7H2,(H,13,15,16). The van der Waals surface area contributed by atoms with E-state index < -0.39 is 0 Å². The smallest absolute Gasteiger partial charge is 0.240 e. The Morgan fingerprint density at radius 1 is 1.12 bits per heavy atom. The number of hydrogen-bond donors (Lipinski definition) is 1. The molecule has 0 unspecified atom stereocenters. The van der Waals surface area contributed by atoms with Gasteiger partial charge >= 0.3 is 0 Å². The molecule has 1 aromatic carbocycles. The zero-order valence-electron chi connectivity index (χ0n) is 8.57. The van der Waals surface area contributed by atoms with Crippen LogP contribution in [0.15, 0.2) is 24.3 Å². The van der Waals surface area contributed by atoms with Crippen LogP contribution in [0.25, 0.3) is 0 Å². The molecular weight excluding hydrogens is 211 g/mol. The number of piperazine rings is 1. The van der Waals surface area contributed by atoms with Crippen LogP contribution in [0, 0.1) is 5.82 Å². The average molecular weight is 222 g/mol. The molecule has 0 spiro atoms. The van der Waals surface area contributed by atoms with Gasteiger partial charge in [0.25, 0.3) is 0 Å². The van der Waals surface area contributed by atoms with Crippen LogP contribution in [0.1, 0.15) is 5.56 Å². The zero-order chi connectivity index (χ0) is 11.5. The molecule has 2 rings (SSSR count). The summed E-state index contributed by atoms with van der Waals surface area (Å²) in [7, 11) is 0.